The number of aromatic amines is 1. The van der Waals surface area contributed by atoms with Gasteiger partial charge in [0.2, 0.25) is 5.82 Å². The third-order valence-corrected chi connectivity index (χ3v) is 5.10. The molecule has 3 aromatic rings. The first kappa shape index (κ1) is 18.3. The Bertz CT molecular complexity index is 1060. The quantitative estimate of drug-likeness (QED) is 0.744. The summed E-state index contributed by atoms with van der Waals surface area (Å²) in [5.41, 5.74) is 4.06. The maximum atomic E-state index is 13.5. The molecule has 0 fully saturated rings. The molecule has 0 radical (unpaired) electrons. The van der Waals surface area contributed by atoms with Crippen LogP contribution in [0.1, 0.15) is 23.2 Å². The number of halogens is 1. The van der Waals surface area contributed by atoms with E-state index < -0.39 is 11.4 Å². The lowest BCUT2D eigenvalue weighted by Gasteiger charge is -2.26. The lowest BCUT2D eigenvalue weighted by atomic mass is 9.99. The maximum Gasteiger partial charge on any atom is 0.287 e. The van der Waals surface area contributed by atoms with Gasteiger partial charge in [0, 0.05) is 25.2 Å². The van der Waals surface area contributed by atoms with Gasteiger partial charge in [-0.3, -0.25) is 9.69 Å². The van der Waals surface area contributed by atoms with E-state index in [0.717, 1.165) is 31.6 Å². The molecule has 4 nitrogen and oxygen atoms in total. The molecule has 142 valence electrons. The predicted molar refractivity (Wildman–Crippen MR) is 109 cm³/mol. The van der Waals surface area contributed by atoms with Crippen molar-refractivity contribution in [3.8, 4) is 11.4 Å². The van der Waals surface area contributed by atoms with Gasteiger partial charge in [0.1, 0.15) is 5.82 Å². The lowest BCUT2D eigenvalue weighted by molar-refractivity contribution is 0.294. The summed E-state index contributed by atoms with van der Waals surface area (Å²) in [6.07, 6.45) is 3.35. The highest BCUT2D eigenvalue weighted by atomic mass is 19.1. The summed E-state index contributed by atoms with van der Waals surface area (Å²) in [5.74, 6) is -0.433. The third-order valence-electron chi connectivity index (χ3n) is 5.10. The van der Waals surface area contributed by atoms with E-state index in [2.05, 4.69) is 45.2 Å². The van der Waals surface area contributed by atoms with E-state index in [1.54, 1.807) is 0 Å². The molecular formula is C23H22FN3O. The van der Waals surface area contributed by atoms with Crippen LogP contribution in [0.4, 0.5) is 4.39 Å². The van der Waals surface area contributed by atoms with Crippen LogP contribution in [-0.2, 0) is 6.54 Å². The van der Waals surface area contributed by atoms with E-state index in [-0.39, 0.29) is 5.69 Å². The Morgan fingerprint density at radius 2 is 1.82 bits per heavy atom. The van der Waals surface area contributed by atoms with Crippen molar-refractivity contribution >= 4 is 5.57 Å². The minimum atomic E-state index is -0.826. The van der Waals surface area contributed by atoms with Crippen LogP contribution in [0.15, 0.2) is 65.5 Å². The first-order valence-electron chi connectivity index (χ1n) is 9.43. The van der Waals surface area contributed by atoms with Crippen molar-refractivity contribution in [2.45, 2.75) is 19.9 Å². The summed E-state index contributed by atoms with van der Waals surface area (Å²) in [6.45, 7) is 4.31. The van der Waals surface area contributed by atoms with Crippen LogP contribution in [0, 0.1) is 12.7 Å². The molecule has 0 aliphatic carbocycles. The normalized spacial score (nSPS) is 14.7. The smallest absolute Gasteiger partial charge is 0.287 e. The molecule has 0 saturated heterocycles. The van der Waals surface area contributed by atoms with Crippen molar-refractivity contribution in [2.24, 2.45) is 0 Å². The molecule has 1 aliphatic rings. The Morgan fingerprint density at radius 1 is 1.07 bits per heavy atom. The molecule has 1 aromatic heterocycles. The Labute approximate surface area is 163 Å². The number of aryl methyl sites for hydroxylation is 1. The summed E-state index contributed by atoms with van der Waals surface area (Å²) in [5, 5.41) is 0. The molecule has 0 unspecified atom stereocenters. The van der Waals surface area contributed by atoms with Gasteiger partial charge in [-0.05, 0) is 30.0 Å². The second-order valence-electron chi connectivity index (χ2n) is 7.09. The fraction of sp³-hybridized carbons (Fsp3) is 0.217. The molecule has 4 rings (SSSR count). The van der Waals surface area contributed by atoms with Crippen molar-refractivity contribution in [1.29, 1.82) is 0 Å². The molecule has 5 heteroatoms. The van der Waals surface area contributed by atoms with E-state index >= 15 is 0 Å². The van der Waals surface area contributed by atoms with Gasteiger partial charge in [0.05, 0.1) is 5.69 Å². The lowest BCUT2D eigenvalue weighted by Crippen LogP contribution is -2.28. The first-order valence-corrected chi connectivity index (χ1v) is 9.43. The Morgan fingerprint density at radius 3 is 2.46 bits per heavy atom. The molecule has 0 amide bonds. The van der Waals surface area contributed by atoms with E-state index in [9.17, 15) is 9.18 Å². The Hall–Kier alpha value is -3.05. The molecule has 2 aromatic carbocycles. The van der Waals surface area contributed by atoms with Crippen LogP contribution in [0.2, 0.25) is 0 Å². The zero-order chi connectivity index (χ0) is 19.5. The fourth-order valence-electron chi connectivity index (χ4n) is 3.50. The molecule has 0 bridgehead atoms. The highest BCUT2D eigenvalue weighted by molar-refractivity contribution is 5.66. The molecule has 0 atom stereocenters. The SMILES string of the molecule is Cc1nc(-c2ccc(CN3CC=C(c4ccccc4)CC3)cc2)[nH]c(=O)c1F. The standard InChI is InChI=1S/C23H22FN3O/c1-16-21(24)23(28)26-22(25-16)20-9-7-17(8-10-20)15-27-13-11-19(12-14-27)18-5-3-2-4-6-18/h2-11H,12-15H2,1H3,(H,25,26,28). The predicted octanol–water partition coefficient (Wildman–Crippen LogP) is 4.17. The van der Waals surface area contributed by atoms with Crippen molar-refractivity contribution in [1.82, 2.24) is 14.9 Å². The van der Waals surface area contributed by atoms with E-state index in [1.165, 1.54) is 23.6 Å². The molecule has 28 heavy (non-hydrogen) atoms. The molecule has 2 heterocycles. The highest BCUT2D eigenvalue weighted by Gasteiger charge is 2.14. The monoisotopic (exact) mass is 375 g/mol. The average Bonchev–Trinajstić information content (AvgIpc) is 2.73. The minimum absolute atomic E-state index is 0.108. The minimum Gasteiger partial charge on any atom is -0.304 e. The third kappa shape index (κ3) is 3.94. The number of hydrogen-bond donors (Lipinski definition) is 1. The van der Waals surface area contributed by atoms with Gasteiger partial charge >= 0.3 is 0 Å². The van der Waals surface area contributed by atoms with Crippen LogP contribution >= 0.6 is 0 Å². The zero-order valence-electron chi connectivity index (χ0n) is 15.8. The topological polar surface area (TPSA) is 49.0 Å². The molecule has 0 saturated carbocycles. The van der Waals surface area contributed by atoms with Crippen molar-refractivity contribution in [3.05, 3.63) is 93.7 Å². The second kappa shape index (κ2) is 7.90. The number of aromatic nitrogens is 2. The van der Waals surface area contributed by atoms with Gasteiger partial charge in [-0.25, -0.2) is 4.98 Å². The van der Waals surface area contributed by atoms with Gasteiger partial charge in [-0.15, -0.1) is 0 Å². The second-order valence-corrected chi connectivity index (χ2v) is 7.09. The Kier molecular flexibility index (Phi) is 5.17. The van der Waals surface area contributed by atoms with Gasteiger partial charge in [0.25, 0.3) is 5.56 Å². The van der Waals surface area contributed by atoms with E-state index in [4.69, 9.17) is 0 Å². The molecule has 1 aliphatic heterocycles. The van der Waals surface area contributed by atoms with Gasteiger partial charge < -0.3 is 4.98 Å². The number of nitrogens with zero attached hydrogens (tertiary/aromatic N) is 2. The summed E-state index contributed by atoms with van der Waals surface area (Å²) < 4.78 is 13.5. The van der Waals surface area contributed by atoms with Crippen LogP contribution in [0.3, 0.4) is 0 Å². The number of benzene rings is 2. The van der Waals surface area contributed by atoms with Crippen molar-refractivity contribution < 1.29 is 4.39 Å². The molecule has 1 N–H and O–H groups in total. The van der Waals surface area contributed by atoms with Crippen molar-refractivity contribution in [3.63, 3.8) is 0 Å². The maximum absolute atomic E-state index is 13.5. The van der Waals surface area contributed by atoms with Gasteiger partial charge in [-0.2, -0.15) is 4.39 Å². The van der Waals surface area contributed by atoms with Crippen LogP contribution in [-0.4, -0.2) is 28.0 Å². The van der Waals surface area contributed by atoms with Crippen LogP contribution < -0.4 is 5.56 Å². The van der Waals surface area contributed by atoms with E-state index in [1.807, 2.05) is 30.3 Å². The number of hydrogen-bond acceptors (Lipinski definition) is 3. The molecular weight excluding hydrogens is 353 g/mol. The number of nitrogens with one attached hydrogen (secondary N) is 1. The summed E-state index contributed by atoms with van der Waals surface area (Å²) in [6, 6.07) is 18.4. The molecule has 0 spiro atoms. The highest BCUT2D eigenvalue weighted by Crippen LogP contribution is 2.23. The number of rotatable bonds is 4. The van der Waals surface area contributed by atoms with Crippen molar-refractivity contribution in [2.75, 3.05) is 13.1 Å². The number of H-pyrrole nitrogens is 1. The van der Waals surface area contributed by atoms with Crippen LogP contribution in [0.5, 0.6) is 0 Å². The first-order chi connectivity index (χ1) is 13.6. The summed E-state index contributed by atoms with van der Waals surface area (Å²) >= 11 is 0. The largest absolute Gasteiger partial charge is 0.304 e. The zero-order valence-corrected chi connectivity index (χ0v) is 15.8. The average molecular weight is 375 g/mol. The summed E-state index contributed by atoms with van der Waals surface area (Å²) in [4.78, 5) is 20.6. The van der Waals surface area contributed by atoms with E-state index in [0.29, 0.717) is 5.82 Å². The summed E-state index contributed by atoms with van der Waals surface area (Å²) in [7, 11) is 0. The van der Waals surface area contributed by atoms with Gasteiger partial charge in [-0.1, -0.05) is 60.7 Å². The van der Waals surface area contributed by atoms with Crippen LogP contribution in [0.25, 0.3) is 17.0 Å². The van der Waals surface area contributed by atoms with Gasteiger partial charge in [0.15, 0.2) is 0 Å². The Balaban J connectivity index is 1.43. The fourth-order valence-corrected chi connectivity index (χ4v) is 3.50.